The molecule has 1 aromatic rings. The standard InChI is InChI=1S/C13H24N4/c1-3-14-11-12-5-4-8-17(12)9-6-13-15-7-10-16(13)2/h7,10,12,14H,3-6,8-9,11H2,1-2H3. The molecular formula is C13H24N4. The van der Waals surface area contributed by atoms with Crippen LogP contribution in [0.25, 0.3) is 0 Å². The Morgan fingerprint density at radius 1 is 1.53 bits per heavy atom. The minimum Gasteiger partial charge on any atom is -0.338 e. The second kappa shape index (κ2) is 6.17. The van der Waals surface area contributed by atoms with Crippen molar-refractivity contribution >= 4 is 0 Å². The normalized spacial score (nSPS) is 21.2. The van der Waals surface area contributed by atoms with Crippen LogP contribution < -0.4 is 5.32 Å². The van der Waals surface area contributed by atoms with Gasteiger partial charge in [0.15, 0.2) is 0 Å². The molecule has 0 aromatic carbocycles. The fourth-order valence-electron chi connectivity index (χ4n) is 2.61. The molecule has 1 fully saturated rings. The maximum absolute atomic E-state index is 4.38. The maximum Gasteiger partial charge on any atom is 0.109 e. The van der Waals surface area contributed by atoms with Gasteiger partial charge in [-0.1, -0.05) is 6.92 Å². The Kier molecular flexibility index (Phi) is 4.57. The van der Waals surface area contributed by atoms with Gasteiger partial charge in [-0.2, -0.15) is 0 Å². The second-order valence-electron chi connectivity index (χ2n) is 4.84. The fourth-order valence-corrected chi connectivity index (χ4v) is 2.61. The first-order valence-electron chi connectivity index (χ1n) is 6.72. The summed E-state index contributed by atoms with van der Waals surface area (Å²) in [5, 5.41) is 3.46. The number of nitrogens with zero attached hydrogens (tertiary/aromatic N) is 3. The molecule has 4 heteroatoms. The molecule has 1 aliphatic heterocycles. The van der Waals surface area contributed by atoms with Gasteiger partial charge in [-0.3, -0.25) is 4.90 Å². The lowest BCUT2D eigenvalue weighted by molar-refractivity contribution is 0.249. The summed E-state index contributed by atoms with van der Waals surface area (Å²) in [7, 11) is 2.07. The van der Waals surface area contributed by atoms with Gasteiger partial charge < -0.3 is 9.88 Å². The zero-order chi connectivity index (χ0) is 12.1. The first-order valence-corrected chi connectivity index (χ1v) is 6.72. The van der Waals surface area contributed by atoms with Crippen molar-refractivity contribution in [1.82, 2.24) is 19.8 Å². The largest absolute Gasteiger partial charge is 0.338 e. The van der Waals surface area contributed by atoms with Crippen molar-refractivity contribution in [3.8, 4) is 0 Å². The van der Waals surface area contributed by atoms with Gasteiger partial charge in [0.05, 0.1) is 0 Å². The molecule has 17 heavy (non-hydrogen) atoms. The van der Waals surface area contributed by atoms with Crippen molar-refractivity contribution in [2.24, 2.45) is 7.05 Å². The van der Waals surface area contributed by atoms with E-state index >= 15 is 0 Å². The van der Waals surface area contributed by atoms with Gasteiger partial charge in [0, 0.05) is 45.0 Å². The lowest BCUT2D eigenvalue weighted by atomic mass is 10.2. The number of likely N-dealkylation sites (N-methyl/N-ethyl adjacent to an activating group) is 1. The van der Waals surface area contributed by atoms with E-state index in [0.717, 1.165) is 32.1 Å². The minimum atomic E-state index is 0.732. The SMILES string of the molecule is CCNCC1CCCN1CCc1nccn1C. The van der Waals surface area contributed by atoms with Crippen molar-refractivity contribution in [2.45, 2.75) is 32.2 Å². The van der Waals surface area contributed by atoms with E-state index in [1.807, 2.05) is 12.4 Å². The van der Waals surface area contributed by atoms with Crippen molar-refractivity contribution in [1.29, 1.82) is 0 Å². The predicted octanol–water partition coefficient (Wildman–Crippen LogP) is 1.04. The summed E-state index contributed by atoms with van der Waals surface area (Å²) >= 11 is 0. The summed E-state index contributed by atoms with van der Waals surface area (Å²) < 4.78 is 2.12. The third-order valence-electron chi connectivity index (χ3n) is 3.67. The number of hydrogen-bond acceptors (Lipinski definition) is 3. The summed E-state index contributed by atoms with van der Waals surface area (Å²) in [5.41, 5.74) is 0. The molecular weight excluding hydrogens is 212 g/mol. The average molecular weight is 236 g/mol. The van der Waals surface area contributed by atoms with Gasteiger partial charge in [-0.05, 0) is 25.9 Å². The predicted molar refractivity (Wildman–Crippen MR) is 70.1 cm³/mol. The molecule has 0 spiro atoms. The second-order valence-corrected chi connectivity index (χ2v) is 4.84. The van der Waals surface area contributed by atoms with Gasteiger partial charge in [-0.15, -0.1) is 0 Å². The van der Waals surface area contributed by atoms with Crippen molar-refractivity contribution < 1.29 is 0 Å². The first kappa shape index (κ1) is 12.6. The first-order chi connectivity index (χ1) is 8.31. The summed E-state index contributed by atoms with van der Waals surface area (Å²) in [6.45, 7) is 6.77. The molecule has 0 radical (unpaired) electrons. The topological polar surface area (TPSA) is 33.1 Å². The summed E-state index contributed by atoms with van der Waals surface area (Å²) in [6, 6.07) is 0.732. The molecule has 1 N–H and O–H groups in total. The Morgan fingerprint density at radius 2 is 2.41 bits per heavy atom. The lowest BCUT2D eigenvalue weighted by Crippen LogP contribution is -2.39. The molecule has 2 rings (SSSR count). The van der Waals surface area contributed by atoms with E-state index in [1.165, 1.54) is 25.2 Å². The Bertz CT molecular complexity index is 334. The molecule has 1 aromatic heterocycles. The Morgan fingerprint density at radius 3 is 3.12 bits per heavy atom. The van der Waals surface area contributed by atoms with E-state index in [9.17, 15) is 0 Å². The van der Waals surface area contributed by atoms with E-state index in [0.29, 0.717) is 0 Å². The van der Waals surface area contributed by atoms with Crippen molar-refractivity contribution in [3.05, 3.63) is 18.2 Å². The molecule has 1 unspecified atom stereocenters. The van der Waals surface area contributed by atoms with Crippen LogP contribution in [0.3, 0.4) is 0 Å². The van der Waals surface area contributed by atoms with Gasteiger partial charge in [-0.25, -0.2) is 4.98 Å². The Labute approximate surface area is 104 Å². The molecule has 0 aliphatic carbocycles. The monoisotopic (exact) mass is 236 g/mol. The minimum absolute atomic E-state index is 0.732. The Balaban J connectivity index is 1.80. The van der Waals surface area contributed by atoms with E-state index in [1.54, 1.807) is 0 Å². The molecule has 96 valence electrons. The van der Waals surface area contributed by atoms with Gasteiger partial charge in [0.1, 0.15) is 5.82 Å². The molecule has 0 bridgehead atoms. The fraction of sp³-hybridized carbons (Fsp3) is 0.769. The van der Waals surface area contributed by atoms with Crippen LogP contribution in [0.15, 0.2) is 12.4 Å². The molecule has 1 aliphatic rings. The van der Waals surface area contributed by atoms with Gasteiger partial charge in [0.25, 0.3) is 0 Å². The number of aromatic nitrogens is 2. The summed E-state index contributed by atoms with van der Waals surface area (Å²) in [6.07, 6.45) is 7.65. The highest BCUT2D eigenvalue weighted by Crippen LogP contribution is 2.16. The van der Waals surface area contributed by atoms with Crippen molar-refractivity contribution in [2.75, 3.05) is 26.2 Å². The van der Waals surface area contributed by atoms with E-state index in [-0.39, 0.29) is 0 Å². The smallest absolute Gasteiger partial charge is 0.109 e. The number of nitrogens with one attached hydrogen (secondary N) is 1. The summed E-state index contributed by atoms with van der Waals surface area (Å²) in [4.78, 5) is 6.99. The van der Waals surface area contributed by atoms with E-state index in [2.05, 4.69) is 33.7 Å². The van der Waals surface area contributed by atoms with Crippen LogP contribution in [0.4, 0.5) is 0 Å². The number of aryl methyl sites for hydroxylation is 1. The molecule has 0 amide bonds. The number of hydrogen-bond donors (Lipinski definition) is 1. The van der Waals surface area contributed by atoms with Crippen LogP contribution in [0.2, 0.25) is 0 Å². The molecule has 2 heterocycles. The van der Waals surface area contributed by atoms with Crippen LogP contribution in [0, 0.1) is 0 Å². The number of likely N-dealkylation sites (tertiary alicyclic amines) is 1. The van der Waals surface area contributed by atoms with Gasteiger partial charge >= 0.3 is 0 Å². The molecule has 1 saturated heterocycles. The maximum atomic E-state index is 4.38. The zero-order valence-electron chi connectivity index (χ0n) is 11.0. The van der Waals surface area contributed by atoms with E-state index < -0.39 is 0 Å². The molecule has 4 nitrogen and oxygen atoms in total. The highest BCUT2D eigenvalue weighted by molar-refractivity contribution is 4.93. The average Bonchev–Trinajstić information content (AvgIpc) is 2.93. The lowest BCUT2D eigenvalue weighted by Gasteiger charge is -2.24. The highest BCUT2D eigenvalue weighted by atomic mass is 15.2. The van der Waals surface area contributed by atoms with Crippen molar-refractivity contribution in [3.63, 3.8) is 0 Å². The number of rotatable bonds is 6. The van der Waals surface area contributed by atoms with Crippen LogP contribution in [0.5, 0.6) is 0 Å². The molecule has 1 atom stereocenters. The van der Waals surface area contributed by atoms with Crippen LogP contribution >= 0.6 is 0 Å². The van der Waals surface area contributed by atoms with Crippen LogP contribution in [-0.2, 0) is 13.5 Å². The van der Waals surface area contributed by atoms with Crippen LogP contribution in [-0.4, -0.2) is 46.7 Å². The van der Waals surface area contributed by atoms with E-state index in [4.69, 9.17) is 0 Å². The zero-order valence-corrected chi connectivity index (χ0v) is 11.0. The Hall–Kier alpha value is -0.870. The van der Waals surface area contributed by atoms with Crippen LogP contribution in [0.1, 0.15) is 25.6 Å². The third kappa shape index (κ3) is 3.30. The third-order valence-corrected chi connectivity index (χ3v) is 3.67. The highest BCUT2D eigenvalue weighted by Gasteiger charge is 2.23. The number of imidazole rings is 1. The molecule has 0 saturated carbocycles. The summed E-state index contributed by atoms with van der Waals surface area (Å²) in [5.74, 6) is 1.19. The quantitative estimate of drug-likeness (QED) is 0.801. The van der Waals surface area contributed by atoms with Gasteiger partial charge in [0.2, 0.25) is 0 Å².